The second kappa shape index (κ2) is 4.13. The van der Waals surface area contributed by atoms with Crippen LogP contribution in [0.2, 0.25) is 0 Å². The summed E-state index contributed by atoms with van der Waals surface area (Å²) in [6.45, 7) is 0. The molecule has 2 nitrogen and oxygen atoms in total. The van der Waals surface area contributed by atoms with Gasteiger partial charge in [0, 0.05) is 0 Å². The van der Waals surface area contributed by atoms with Crippen LogP contribution >= 0.6 is 0 Å². The quantitative estimate of drug-likeness (QED) is 0.866. The Morgan fingerprint density at radius 2 is 1.71 bits per heavy atom. The Bertz CT molecular complexity index is 513. The van der Waals surface area contributed by atoms with E-state index in [4.69, 9.17) is 4.74 Å². The summed E-state index contributed by atoms with van der Waals surface area (Å²) in [6, 6.07) is 15.3. The lowest BCUT2D eigenvalue weighted by molar-refractivity contribution is 0.303. The number of hydrogen-bond donors (Lipinski definition) is 1. The van der Waals surface area contributed by atoms with Gasteiger partial charge in [-0.05, 0) is 48.2 Å². The summed E-state index contributed by atoms with van der Waals surface area (Å²) >= 11 is 0. The maximum Gasteiger partial charge on any atom is 0.120 e. The summed E-state index contributed by atoms with van der Waals surface area (Å²) < 4.78 is 5.76. The standard InChI is InChI=1S/C15H14O2/c16-13-6-4-11(5-7-13)12-2-1-3-15(10-12)17-14-8-9-14/h1-7,10,14,16H,8-9H2. The maximum atomic E-state index is 9.26. The van der Waals surface area contributed by atoms with Gasteiger partial charge in [0.2, 0.25) is 0 Å². The van der Waals surface area contributed by atoms with Gasteiger partial charge >= 0.3 is 0 Å². The zero-order chi connectivity index (χ0) is 11.7. The minimum absolute atomic E-state index is 0.291. The highest BCUT2D eigenvalue weighted by atomic mass is 16.5. The lowest BCUT2D eigenvalue weighted by atomic mass is 10.1. The molecule has 86 valence electrons. The lowest BCUT2D eigenvalue weighted by Gasteiger charge is -2.07. The minimum Gasteiger partial charge on any atom is -0.508 e. The third-order valence-electron chi connectivity index (χ3n) is 2.86. The lowest BCUT2D eigenvalue weighted by Crippen LogP contribution is -1.95. The van der Waals surface area contributed by atoms with E-state index in [9.17, 15) is 5.11 Å². The molecule has 0 atom stereocenters. The van der Waals surface area contributed by atoms with Crippen molar-refractivity contribution in [1.29, 1.82) is 0 Å². The van der Waals surface area contributed by atoms with Crippen LogP contribution in [0.15, 0.2) is 48.5 Å². The summed E-state index contributed by atoms with van der Waals surface area (Å²) in [5.41, 5.74) is 2.20. The van der Waals surface area contributed by atoms with Crippen LogP contribution in [-0.2, 0) is 0 Å². The van der Waals surface area contributed by atoms with Crippen molar-refractivity contribution in [2.45, 2.75) is 18.9 Å². The molecule has 0 heterocycles. The third-order valence-corrected chi connectivity index (χ3v) is 2.86. The number of hydrogen-bond acceptors (Lipinski definition) is 2. The molecule has 0 radical (unpaired) electrons. The van der Waals surface area contributed by atoms with Crippen LogP contribution in [0, 0.1) is 0 Å². The van der Waals surface area contributed by atoms with Crippen LogP contribution in [0.25, 0.3) is 11.1 Å². The molecule has 1 saturated carbocycles. The van der Waals surface area contributed by atoms with E-state index in [2.05, 4.69) is 0 Å². The van der Waals surface area contributed by atoms with Crippen LogP contribution in [0.4, 0.5) is 0 Å². The molecule has 1 aliphatic carbocycles. The Morgan fingerprint density at radius 1 is 0.941 bits per heavy atom. The zero-order valence-electron chi connectivity index (χ0n) is 9.47. The first-order valence-electron chi connectivity index (χ1n) is 5.87. The van der Waals surface area contributed by atoms with Crippen molar-refractivity contribution >= 4 is 0 Å². The third kappa shape index (κ3) is 2.41. The highest BCUT2D eigenvalue weighted by Crippen LogP contribution is 2.30. The molecule has 2 aromatic rings. The fourth-order valence-electron chi connectivity index (χ4n) is 1.78. The highest BCUT2D eigenvalue weighted by Gasteiger charge is 2.23. The van der Waals surface area contributed by atoms with E-state index in [-0.39, 0.29) is 0 Å². The van der Waals surface area contributed by atoms with E-state index in [0.29, 0.717) is 11.9 Å². The molecule has 0 spiro atoms. The Kier molecular flexibility index (Phi) is 2.48. The molecule has 1 fully saturated rings. The first-order valence-corrected chi connectivity index (χ1v) is 5.87. The average Bonchev–Trinajstić information content (AvgIpc) is 3.14. The number of phenols is 1. The molecule has 1 N–H and O–H groups in total. The first-order chi connectivity index (χ1) is 8.31. The number of phenolic OH excluding ortho intramolecular Hbond substituents is 1. The van der Waals surface area contributed by atoms with Gasteiger partial charge in [0.15, 0.2) is 0 Å². The Labute approximate surface area is 100 Å². The van der Waals surface area contributed by atoms with Gasteiger partial charge in [-0.15, -0.1) is 0 Å². The molecular formula is C15H14O2. The molecular weight excluding hydrogens is 212 g/mol. The van der Waals surface area contributed by atoms with E-state index in [0.717, 1.165) is 16.9 Å². The summed E-state index contributed by atoms with van der Waals surface area (Å²) in [5, 5.41) is 9.26. The SMILES string of the molecule is Oc1ccc(-c2cccc(OC3CC3)c2)cc1. The van der Waals surface area contributed by atoms with Gasteiger partial charge in [0.1, 0.15) is 11.5 Å². The summed E-state index contributed by atoms with van der Waals surface area (Å²) in [5.74, 6) is 1.22. The van der Waals surface area contributed by atoms with Gasteiger partial charge in [-0.25, -0.2) is 0 Å². The monoisotopic (exact) mass is 226 g/mol. The second-order valence-corrected chi connectivity index (χ2v) is 4.39. The van der Waals surface area contributed by atoms with Crippen molar-refractivity contribution in [3.8, 4) is 22.6 Å². The maximum absolute atomic E-state index is 9.26. The normalized spacial score (nSPS) is 14.6. The largest absolute Gasteiger partial charge is 0.508 e. The summed E-state index contributed by atoms with van der Waals surface area (Å²) in [7, 11) is 0. The molecule has 3 rings (SSSR count). The van der Waals surface area contributed by atoms with E-state index in [1.807, 2.05) is 36.4 Å². The van der Waals surface area contributed by atoms with E-state index in [1.165, 1.54) is 12.8 Å². The Balaban J connectivity index is 1.88. The molecule has 2 heteroatoms. The smallest absolute Gasteiger partial charge is 0.120 e. The van der Waals surface area contributed by atoms with Crippen molar-refractivity contribution in [3.05, 3.63) is 48.5 Å². The number of aromatic hydroxyl groups is 1. The average molecular weight is 226 g/mol. The topological polar surface area (TPSA) is 29.5 Å². The number of ether oxygens (including phenoxy) is 1. The fraction of sp³-hybridized carbons (Fsp3) is 0.200. The predicted molar refractivity (Wildman–Crippen MR) is 67.2 cm³/mol. The molecule has 1 aliphatic rings. The fourth-order valence-corrected chi connectivity index (χ4v) is 1.78. The van der Waals surface area contributed by atoms with Gasteiger partial charge < -0.3 is 9.84 Å². The number of rotatable bonds is 3. The second-order valence-electron chi connectivity index (χ2n) is 4.39. The minimum atomic E-state index is 0.291. The Morgan fingerprint density at radius 3 is 2.41 bits per heavy atom. The summed E-state index contributed by atoms with van der Waals surface area (Å²) in [4.78, 5) is 0. The predicted octanol–water partition coefficient (Wildman–Crippen LogP) is 3.60. The molecule has 0 bridgehead atoms. The molecule has 0 saturated heterocycles. The molecule has 0 unspecified atom stereocenters. The van der Waals surface area contributed by atoms with Crippen molar-refractivity contribution in [3.63, 3.8) is 0 Å². The van der Waals surface area contributed by atoms with Gasteiger partial charge in [-0.3, -0.25) is 0 Å². The van der Waals surface area contributed by atoms with E-state index in [1.54, 1.807) is 12.1 Å². The Hall–Kier alpha value is -1.96. The van der Waals surface area contributed by atoms with E-state index >= 15 is 0 Å². The first kappa shape index (κ1) is 10.2. The molecule has 0 aliphatic heterocycles. The van der Waals surface area contributed by atoms with Gasteiger partial charge in [-0.2, -0.15) is 0 Å². The van der Waals surface area contributed by atoms with Crippen LogP contribution in [-0.4, -0.2) is 11.2 Å². The zero-order valence-corrected chi connectivity index (χ0v) is 9.47. The van der Waals surface area contributed by atoms with Crippen LogP contribution in [0.1, 0.15) is 12.8 Å². The molecule has 0 aromatic heterocycles. The van der Waals surface area contributed by atoms with Gasteiger partial charge in [0.25, 0.3) is 0 Å². The summed E-state index contributed by atoms with van der Waals surface area (Å²) in [6.07, 6.45) is 2.76. The van der Waals surface area contributed by atoms with Crippen molar-refractivity contribution in [2.24, 2.45) is 0 Å². The van der Waals surface area contributed by atoms with Crippen LogP contribution < -0.4 is 4.74 Å². The van der Waals surface area contributed by atoms with Crippen LogP contribution in [0.5, 0.6) is 11.5 Å². The van der Waals surface area contributed by atoms with Gasteiger partial charge in [-0.1, -0.05) is 24.3 Å². The van der Waals surface area contributed by atoms with Crippen molar-refractivity contribution < 1.29 is 9.84 Å². The molecule has 17 heavy (non-hydrogen) atoms. The van der Waals surface area contributed by atoms with Gasteiger partial charge in [0.05, 0.1) is 6.10 Å². The highest BCUT2D eigenvalue weighted by molar-refractivity contribution is 5.65. The number of benzene rings is 2. The molecule has 2 aromatic carbocycles. The van der Waals surface area contributed by atoms with E-state index < -0.39 is 0 Å². The van der Waals surface area contributed by atoms with Crippen LogP contribution in [0.3, 0.4) is 0 Å². The molecule has 0 amide bonds. The van der Waals surface area contributed by atoms with Crippen molar-refractivity contribution in [2.75, 3.05) is 0 Å². The van der Waals surface area contributed by atoms with Crippen molar-refractivity contribution in [1.82, 2.24) is 0 Å².